The first-order valence-electron chi connectivity index (χ1n) is 6.75. The third-order valence-electron chi connectivity index (χ3n) is 4.57. The van der Waals surface area contributed by atoms with Gasteiger partial charge in [0.15, 0.2) is 0 Å². The Labute approximate surface area is 107 Å². The molecule has 2 aliphatic rings. The summed E-state index contributed by atoms with van der Waals surface area (Å²) in [4.78, 5) is 2.47. The summed E-state index contributed by atoms with van der Waals surface area (Å²) >= 11 is 1.54. The molecule has 0 amide bonds. The van der Waals surface area contributed by atoms with E-state index in [4.69, 9.17) is 5.73 Å². The Morgan fingerprint density at radius 1 is 1.12 bits per heavy atom. The largest absolute Gasteiger partial charge is 0.383 e. The van der Waals surface area contributed by atoms with Crippen LogP contribution < -0.4 is 10.6 Å². The third-order valence-corrected chi connectivity index (χ3v) is 5.43. The fourth-order valence-electron chi connectivity index (χ4n) is 3.43. The number of hydrogen-bond acceptors (Lipinski definition) is 4. The molecule has 17 heavy (non-hydrogen) atoms. The SMILES string of the molecule is Nc1cc(N2CCC3(CCCCC3)CC2)sn1. The van der Waals surface area contributed by atoms with E-state index in [1.807, 2.05) is 6.07 Å². The van der Waals surface area contributed by atoms with Crippen LogP contribution in [0.25, 0.3) is 0 Å². The van der Waals surface area contributed by atoms with Crippen molar-refractivity contribution < 1.29 is 0 Å². The maximum atomic E-state index is 5.69. The average Bonchev–Trinajstić information content (AvgIpc) is 2.78. The van der Waals surface area contributed by atoms with Crippen molar-refractivity contribution in [2.75, 3.05) is 23.7 Å². The van der Waals surface area contributed by atoms with E-state index in [9.17, 15) is 0 Å². The van der Waals surface area contributed by atoms with Crippen molar-refractivity contribution >= 4 is 22.4 Å². The highest BCUT2D eigenvalue weighted by Crippen LogP contribution is 2.45. The summed E-state index contributed by atoms with van der Waals surface area (Å²) in [6.45, 7) is 2.39. The molecule has 2 fully saturated rings. The van der Waals surface area contributed by atoms with Crippen molar-refractivity contribution in [2.45, 2.75) is 44.9 Å². The van der Waals surface area contributed by atoms with Crippen molar-refractivity contribution in [3.05, 3.63) is 6.07 Å². The summed E-state index contributed by atoms with van der Waals surface area (Å²) < 4.78 is 4.17. The number of nitrogen functional groups attached to an aromatic ring is 1. The summed E-state index contributed by atoms with van der Waals surface area (Å²) in [5.41, 5.74) is 6.38. The minimum atomic E-state index is 0.669. The first-order valence-corrected chi connectivity index (χ1v) is 7.52. The van der Waals surface area contributed by atoms with E-state index in [1.165, 1.54) is 63.0 Å². The molecule has 1 saturated heterocycles. The molecule has 1 aromatic heterocycles. The fraction of sp³-hybridized carbons (Fsp3) is 0.769. The number of rotatable bonds is 1. The van der Waals surface area contributed by atoms with E-state index >= 15 is 0 Å². The van der Waals surface area contributed by atoms with E-state index in [0.717, 1.165) is 0 Å². The van der Waals surface area contributed by atoms with Gasteiger partial charge >= 0.3 is 0 Å². The molecule has 1 aliphatic heterocycles. The molecule has 3 rings (SSSR count). The van der Waals surface area contributed by atoms with Crippen LogP contribution in [-0.2, 0) is 0 Å². The first kappa shape index (κ1) is 11.3. The van der Waals surface area contributed by atoms with Crippen LogP contribution in [0.4, 0.5) is 10.8 Å². The Kier molecular flexibility index (Phi) is 2.99. The Hall–Kier alpha value is -0.770. The van der Waals surface area contributed by atoms with Gasteiger partial charge in [-0.2, -0.15) is 4.37 Å². The summed E-state index contributed by atoms with van der Waals surface area (Å²) in [5.74, 6) is 0.669. The van der Waals surface area contributed by atoms with Gasteiger partial charge in [-0.05, 0) is 42.6 Å². The monoisotopic (exact) mass is 251 g/mol. The second-order valence-electron chi connectivity index (χ2n) is 5.64. The van der Waals surface area contributed by atoms with Crippen LogP contribution in [0.3, 0.4) is 0 Å². The van der Waals surface area contributed by atoms with Gasteiger partial charge in [0.25, 0.3) is 0 Å². The van der Waals surface area contributed by atoms with E-state index in [-0.39, 0.29) is 0 Å². The van der Waals surface area contributed by atoms with Crippen molar-refractivity contribution in [1.82, 2.24) is 4.37 Å². The average molecular weight is 251 g/mol. The van der Waals surface area contributed by atoms with Gasteiger partial charge in [-0.25, -0.2) is 0 Å². The second kappa shape index (κ2) is 4.48. The highest BCUT2D eigenvalue weighted by molar-refractivity contribution is 7.10. The number of hydrogen-bond donors (Lipinski definition) is 1. The molecule has 1 spiro atoms. The molecule has 2 heterocycles. The normalized spacial score (nSPS) is 24.1. The van der Waals surface area contributed by atoms with Crippen LogP contribution in [0, 0.1) is 5.41 Å². The standard InChI is InChI=1S/C13H21N3S/c14-11-10-12(17-15-11)16-8-6-13(7-9-16)4-2-1-3-5-13/h10H,1-9H2,(H2,14,15). The number of anilines is 2. The van der Waals surface area contributed by atoms with E-state index < -0.39 is 0 Å². The second-order valence-corrected chi connectivity index (χ2v) is 6.42. The molecule has 1 saturated carbocycles. The van der Waals surface area contributed by atoms with Crippen molar-refractivity contribution in [3.8, 4) is 0 Å². The maximum absolute atomic E-state index is 5.69. The lowest BCUT2D eigenvalue weighted by atomic mass is 9.68. The van der Waals surface area contributed by atoms with E-state index in [0.29, 0.717) is 11.2 Å². The lowest BCUT2D eigenvalue weighted by Gasteiger charge is -2.44. The van der Waals surface area contributed by atoms with Gasteiger partial charge in [0.1, 0.15) is 10.8 Å². The molecule has 0 unspecified atom stereocenters. The minimum absolute atomic E-state index is 0.669. The molecule has 3 nitrogen and oxygen atoms in total. The van der Waals surface area contributed by atoms with Crippen molar-refractivity contribution in [3.63, 3.8) is 0 Å². The van der Waals surface area contributed by atoms with Gasteiger partial charge in [-0.15, -0.1) is 0 Å². The first-order chi connectivity index (χ1) is 8.27. The maximum Gasteiger partial charge on any atom is 0.139 e. The Balaban J connectivity index is 1.63. The van der Waals surface area contributed by atoms with Crippen molar-refractivity contribution in [2.24, 2.45) is 5.41 Å². The molecular weight excluding hydrogens is 230 g/mol. The molecule has 1 aliphatic carbocycles. The Morgan fingerprint density at radius 2 is 1.82 bits per heavy atom. The summed E-state index contributed by atoms with van der Waals surface area (Å²) in [5, 5.41) is 1.26. The van der Waals surface area contributed by atoms with Gasteiger partial charge in [-0.3, -0.25) is 0 Å². The lowest BCUT2D eigenvalue weighted by molar-refractivity contribution is 0.144. The smallest absolute Gasteiger partial charge is 0.139 e. The molecule has 1 aromatic rings. The van der Waals surface area contributed by atoms with Gasteiger partial charge in [-0.1, -0.05) is 19.3 Å². The molecule has 0 radical (unpaired) electrons. The molecule has 4 heteroatoms. The van der Waals surface area contributed by atoms with Gasteiger partial charge < -0.3 is 10.6 Å². The van der Waals surface area contributed by atoms with Crippen LogP contribution in [0.2, 0.25) is 0 Å². The fourth-order valence-corrected chi connectivity index (χ4v) is 4.15. The lowest BCUT2D eigenvalue weighted by Crippen LogP contribution is -2.40. The quantitative estimate of drug-likeness (QED) is 0.833. The molecule has 94 valence electrons. The van der Waals surface area contributed by atoms with Gasteiger partial charge in [0, 0.05) is 19.2 Å². The zero-order valence-electron chi connectivity index (χ0n) is 10.3. The number of piperidine rings is 1. The van der Waals surface area contributed by atoms with Gasteiger partial charge in [0.2, 0.25) is 0 Å². The predicted molar refractivity (Wildman–Crippen MR) is 73.5 cm³/mol. The zero-order valence-corrected chi connectivity index (χ0v) is 11.1. The number of aromatic nitrogens is 1. The molecule has 2 N–H and O–H groups in total. The number of nitrogens with zero attached hydrogens (tertiary/aromatic N) is 2. The number of nitrogens with two attached hydrogens (primary N) is 1. The van der Waals surface area contributed by atoms with E-state index in [2.05, 4.69) is 9.27 Å². The van der Waals surface area contributed by atoms with Crippen LogP contribution in [0.5, 0.6) is 0 Å². The molecule has 0 atom stereocenters. The van der Waals surface area contributed by atoms with E-state index in [1.54, 1.807) is 11.5 Å². The molecular formula is C13H21N3S. The predicted octanol–water partition coefficient (Wildman–Crippen LogP) is 3.28. The minimum Gasteiger partial charge on any atom is -0.383 e. The molecule has 0 aromatic carbocycles. The van der Waals surface area contributed by atoms with Crippen LogP contribution in [0.15, 0.2) is 6.07 Å². The van der Waals surface area contributed by atoms with Crippen molar-refractivity contribution in [1.29, 1.82) is 0 Å². The van der Waals surface area contributed by atoms with Crippen LogP contribution in [0.1, 0.15) is 44.9 Å². The highest BCUT2D eigenvalue weighted by Gasteiger charge is 2.35. The Bertz CT molecular complexity index is 372. The summed E-state index contributed by atoms with van der Waals surface area (Å²) in [7, 11) is 0. The van der Waals surface area contributed by atoms with Crippen LogP contribution in [-0.4, -0.2) is 17.5 Å². The van der Waals surface area contributed by atoms with Gasteiger partial charge in [0.05, 0.1) is 0 Å². The Morgan fingerprint density at radius 3 is 2.41 bits per heavy atom. The third kappa shape index (κ3) is 2.28. The zero-order chi connectivity index (χ0) is 11.7. The summed E-state index contributed by atoms with van der Waals surface area (Å²) in [6.07, 6.45) is 10.0. The van der Waals surface area contributed by atoms with Crippen LogP contribution >= 0.6 is 11.5 Å². The summed E-state index contributed by atoms with van der Waals surface area (Å²) in [6, 6.07) is 2.02. The highest BCUT2D eigenvalue weighted by atomic mass is 32.1. The topological polar surface area (TPSA) is 42.1 Å². The molecule has 0 bridgehead atoms.